The Morgan fingerprint density at radius 3 is 2.23 bits per heavy atom. The van der Waals surface area contributed by atoms with Crippen molar-refractivity contribution in [1.29, 1.82) is 0 Å². The third-order valence-electron chi connectivity index (χ3n) is 5.64. The van der Waals surface area contributed by atoms with E-state index in [-0.39, 0.29) is 24.7 Å². The summed E-state index contributed by atoms with van der Waals surface area (Å²) in [6.45, 7) is 6.06. The van der Waals surface area contributed by atoms with Gasteiger partial charge < -0.3 is 20.3 Å². The summed E-state index contributed by atoms with van der Waals surface area (Å²) in [5.41, 5.74) is 1.37. The Hall–Kier alpha value is -3.11. The molecule has 1 aliphatic heterocycles. The van der Waals surface area contributed by atoms with Gasteiger partial charge in [0.15, 0.2) is 0 Å². The lowest BCUT2D eigenvalue weighted by Crippen LogP contribution is -2.40. The number of carbonyl (C=O) groups is 2. The molecule has 2 N–H and O–H groups in total. The van der Waals surface area contributed by atoms with Crippen LogP contribution in [-0.2, 0) is 20.5 Å². The van der Waals surface area contributed by atoms with E-state index in [0.29, 0.717) is 50.6 Å². The standard InChI is InChI=1S/C25H31F3N4O3/c1-3-10-31(16-23(33)29-20-7-5-4-6-18(20)2)17-24(34)30-21-15-19(25(26,27)28)8-9-22(21)32-11-13-35-14-12-32/h4-9,15H,3,10-14,16-17H2,1-2H3,(H,29,33)(H,30,34). The first-order chi connectivity index (χ1) is 16.7. The lowest BCUT2D eigenvalue weighted by molar-refractivity contribution is -0.137. The number of amides is 2. The highest BCUT2D eigenvalue weighted by Gasteiger charge is 2.32. The van der Waals surface area contributed by atoms with E-state index in [4.69, 9.17) is 4.74 Å². The number of rotatable bonds is 9. The number of ether oxygens (including phenoxy) is 1. The highest BCUT2D eigenvalue weighted by atomic mass is 19.4. The zero-order valence-electron chi connectivity index (χ0n) is 20.0. The highest BCUT2D eigenvalue weighted by molar-refractivity contribution is 5.97. The second-order valence-corrected chi connectivity index (χ2v) is 8.45. The third kappa shape index (κ3) is 7.69. The van der Waals surface area contributed by atoms with Crippen LogP contribution in [0.25, 0.3) is 0 Å². The van der Waals surface area contributed by atoms with Crippen molar-refractivity contribution in [2.75, 3.05) is 61.5 Å². The number of benzene rings is 2. The van der Waals surface area contributed by atoms with E-state index in [1.807, 2.05) is 36.9 Å². The number of hydrogen-bond acceptors (Lipinski definition) is 5. The first-order valence-electron chi connectivity index (χ1n) is 11.6. The van der Waals surface area contributed by atoms with Gasteiger partial charge in [-0.15, -0.1) is 0 Å². The number of alkyl halides is 3. The molecule has 0 aromatic heterocycles. The summed E-state index contributed by atoms with van der Waals surface area (Å²) < 4.78 is 45.4. The number of carbonyl (C=O) groups excluding carboxylic acids is 2. The van der Waals surface area contributed by atoms with Crippen LogP contribution in [0.1, 0.15) is 24.5 Å². The summed E-state index contributed by atoms with van der Waals surface area (Å²) in [7, 11) is 0. The van der Waals surface area contributed by atoms with Gasteiger partial charge in [-0.1, -0.05) is 25.1 Å². The van der Waals surface area contributed by atoms with Crippen LogP contribution in [0.4, 0.5) is 30.2 Å². The zero-order chi connectivity index (χ0) is 25.4. The Labute approximate surface area is 203 Å². The predicted molar refractivity (Wildman–Crippen MR) is 130 cm³/mol. The minimum Gasteiger partial charge on any atom is -0.378 e. The summed E-state index contributed by atoms with van der Waals surface area (Å²) in [6, 6.07) is 10.7. The fourth-order valence-corrected chi connectivity index (χ4v) is 3.92. The molecule has 7 nitrogen and oxygen atoms in total. The van der Waals surface area contributed by atoms with Gasteiger partial charge in [0.25, 0.3) is 0 Å². The van der Waals surface area contributed by atoms with Crippen molar-refractivity contribution in [1.82, 2.24) is 4.90 Å². The number of nitrogens with one attached hydrogen (secondary N) is 2. The SMILES string of the molecule is CCCN(CC(=O)Nc1ccccc1C)CC(=O)Nc1cc(C(F)(F)F)ccc1N1CCOCC1. The molecule has 3 rings (SSSR count). The molecular formula is C25H31F3N4O3. The maximum Gasteiger partial charge on any atom is 0.416 e. The normalized spacial score (nSPS) is 14.2. The van der Waals surface area contributed by atoms with Crippen LogP contribution in [0.2, 0.25) is 0 Å². The average molecular weight is 493 g/mol. The number of morpholine rings is 1. The minimum absolute atomic E-state index is 0.0193. The van der Waals surface area contributed by atoms with Crippen LogP contribution in [0.3, 0.4) is 0 Å². The Morgan fingerprint density at radius 1 is 1.00 bits per heavy atom. The molecular weight excluding hydrogens is 461 g/mol. The molecule has 0 bridgehead atoms. The average Bonchev–Trinajstić information content (AvgIpc) is 2.80. The van der Waals surface area contributed by atoms with Crippen molar-refractivity contribution < 1.29 is 27.5 Å². The predicted octanol–water partition coefficient (Wildman–Crippen LogP) is 4.14. The summed E-state index contributed by atoms with van der Waals surface area (Å²) in [6.07, 6.45) is -3.83. The van der Waals surface area contributed by atoms with Crippen LogP contribution in [0.5, 0.6) is 0 Å². The zero-order valence-corrected chi connectivity index (χ0v) is 20.0. The summed E-state index contributed by atoms with van der Waals surface area (Å²) in [5.74, 6) is -0.760. The maximum atomic E-state index is 13.3. The van der Waals surface area contributed by atoms with Gasteiger partial charge in [0.05, 0.1) is 43.2 Å². The van der Waals surface area contributed by atoms with E-state index >= 15 is 0 Å². The summed E-state index contributed by atoms with van der Waals surface area (Å²) in [5, 5.41) is 5.49. The second kappa shape index (κ2) is 12.0. The van der Waals surface area contributed by atoms with Gasteiger partial charge >= 0.3 is 6.18 Å². The highest BCUT2D eigenvalue weighted by Crippen LogP contribution is 2.35. The second-order valence-electron chi connectivity index (χ2n) is 8.45. The summed E-state index contributed by atoms with van der Waals surface area (Å²) >= 11 is 0. The van der Waals surface area contributed by atoms with Crippen LogP contribution in [0.15, 0.2) is 42.5 Å². The van der Waals surface area contributed by atoms with Gasteiger partial charge in [-0.2, -0.15) is 13.2 Å². The van der Waals surface area contributed by atoms with E-state index in [2.05, 4.69) is 10.6 Å². The van der Waals surface area contributed by atoms with E-state index in [1.54, 1.807) is 11.0 Å². The molecule has 35 heavy (non-hydrogen) atoms. The molecule has 190 valence electrons. The van der Waals surface area contributed by atoms with E-state index in [0.717, 1.165) is 17.7 Å². The number of hydrogen-bond donors (Lipinski definition) is 2. The fourth-order valence-electron chi connectivity index (χ4n) is 3.92. The molecule has 2 amide bonds. The lowest BCUT2D eigenvalue weighted by atomic mass is 10.1. The van der Waals surface area contributed by atoms with Crippen LogP contribution < -0.4 is 15.5 Å². The third-order valence-corrected chi connectivity index (χ3v) is 5.64. The molecule has 1 fully saturated rings. The Balaban J connectivity index is 1.71. The topological polar surface area (TPSA) is 73.9 Å². The molecule has 0 radical (unpaired) electrons. The maximum absolute atomic E-state index is 13.3. The molecule has 1 aliphatic rings. The molecule has 0 unspecified atom stereocenters. The molecule has 10 heteroatoms. The van der Waals surface area contributed by atoms with Gasteiger partial charge in [0.2, 0.25) is 11.8 Å². The molecule has 0 saturated carbocycles. The fraction of sp³-hybridized carbons (Fsp3) is 0.440. The number of para-hydroxylation sites is 1. The van der Waals surface area contributed by atoms with Crippen molar-refractivity contribution in [3.8, 4) is 0 Å². The molecule has 1 heterocycles. The smallest absolute Gasteiger partial charge is 0.378 e. The Bertz CT molecular complexity index is 1020. The number of nitrogens with zero attached hydrogens (tertiary/aromatic N) is 2. The van der Waals surface area contributed by atoms with Crippen molar-refractivity contribution in [3.63, 3.8) is 0 Å². The Kier molecular flexibility index (Phi) is 9.11. The molecule has 1 saturated heterocycles. The number of halogens is 3. The number of anilines is 3. The first kappa shape index (κ1) is 26.5. The van der Waals surface area contributed by atoms with Crippen molar-refractivity contribution in [2.45, 2.75) is 26.4 Å². The first-order valence-corrected chi connectivity index (χ1v) is 11.6. The van der Waals surface area contributed by atoms with E-state index in [9.17, 15) is 22.8 Å². The van der Waals surface area contributed by atoms with Crippen LogP contribution in [-0.4, -0.2) is 62.7 Å². The molecule has 0 aliphatic carbocycles. The Morgan fingerprint density at radius 2 is 1.63 bits per heavy atom. The van der Waals surface area contributed by atoms with Gasteiger partial charge in [-0.05, 0) is 49.7 Å². The molecule has 0 atom stereocenters. The van der Waals surface area contributed by atoms with Crippen molar-refractivity contribution in [3.05, 3.63) is 53.6 Å². The number of aryl methyl sites for hydroxylation is 1. The monoisotopic (exact) mass is 492 g/mol. The largest absolute Gasteiger partial charge is 0.416 e. The van der Waals surface area contributed by atoms with Crippen molar-refractivity contribution >= 4 is 28.9 Å². The molecule has 2 aromatic carbocycles. The van der Waals surface area contributed by atoms with E-state index < -0.39 is 17.6 Å². The molecule has 0 spiro atoms. The molecule has 2 aromatic rings. The summed E-state index contributed by atoms with van der Waals surface area (Å²) in [4.78, 5) is 29.0. The lowest BCUT2D eigenvalue weighted by Gasteiger charge is -2.31. The van der Waals surface area contributed by atoms with Crippen LogP contribution in [0, 0.1) is 6.92 Å². The van der Waals surface area contributed by atoms with Crippen LogP contribution >= 0.6 is 0 Å². The minimum atomic E-state index is -4.54. The van der Waals surface area contributed by atoms with E-state index in [1.165, 1.54) is 6.07 Å². The van der Waals surface area contributed by atoms with Crippen molar-refractivity contribution in [2.24, 2.45) is 0 Å². The van der Waals surface area contributed by atoms with Gasteiger partial charge in [0, 0.05) is 18.8 Å². The van der Waals surface area contributed by atoms with Gasteiger partial charge in [0.1, 0.15) is 0 Å². The quantitative estimate of drug-likeness (QED) is 0.551. The van der Waals surface area contributed by atoms with Gasteiger partial charge in [-0.3, -0.25) is 14.5 Å². The van der Waals surface area contributed by atoms with Gasteiger partial charge in [-0.25, -0.2) is 0 Å².